The lowest BCUT2D eigenvalue weighted by molar-refractivity contribution is 0.102. The van der Waals surface area contributed by atoms with Gasteiger partial charge in [-0.3, -0.25) is 4.79 Å². The van der Waals surface area contributed by atoms with Gasteiger partial charge in [0.15, 0.2) is 0 Å². The number of hydrogen-bond acceptors (Lipinski definition) is 2. The molecule has 0 aromatic heterocycles. The first-order valence-electron chi connectivity index (χ1n) is 5.91. The van der Waals surface area contributed by atoms with Crippen LogP contribution < -0.4 is 10.1 Å². The molecule has 1 amide bonds. The van der Waals surface area contributed by atoms with Gasteiger partial charge in [-0.05, 0) is 31.2 Å². The number of carbonyl (C=O) groups excluding carboxylic acids is 1. The van der Waals surface area contributed by atoms with Crippen molar-refractivity contribution in [1.29, 1.82) is 0 Å². The van der Waals surface area contributed by atoms with E-state index in [1.807, 2.05) is 0 Å². The van der Waals surface area contributed by atoms with Gasteiger partial charge in [-0.15, -0.1) is 0 Å². The van der Waals surface area contributed by atoms with Gasteiger partial charge < -0.3 is 10.1 Å². The van der Waals surface area contributed by atoms with Gasteiger partial charge in [0.25, 0.3) is 5.91 Å². The van der Waals surface area contributed by atoms with Crippen LogP contribution in [0.25, 0.3) is 0 Å². The van der Waals surface area contributed by atoms with Crippen LogP contribution in [0, 0.1) is 12.7 Å². The van der Waals surface area contributed by atoms with Gasteiger partial charge in [0.1, 0.15) is 11.6 Å². The van der Waals surface area contributed by atoms with Crippen molar-refractivity contribution in [3.05, 3.63) is 57.8 Å². The summed E-state index contributed by atoms with van der Waals surface area (Å²) in [6.45, 7) is 1.80. The quantitative estimate of drug-likeness (QED) is 0.913. The highest BCUT2D eigenvalue weighted by molar-refractivity contribution is 9.10. The number of halogens is 2. The standard InChI is InChI=1S/C15H13BrFNO2/c1-9-3-4-14(17)13(5-9)15(19)18-11-6-10(16)7-12(8-11)20-2/h3-8H,1-2H3,(H,18,19). The Balaban J connectivity index is 2.27. The van der Waals surface area contributed by atoms with E-state index >= 15 is 0 Å². The summed E-state index contributed by atoms with van der Waals surface area (Å²) < 4.78 is 19.5. The number of rotatable bonds is 3. The zero-order valence-corrected chi connectivity index (χ0v) is 12.6. The summed E-state index contributed by atoms with van der Waals surface area (Å²) in [6.07, 6.45) is 0. The van der Waals surface area contributed by atoms with Crippen LogP contribution in [0.5, 0.6) is 5.75 Å². The summed E-state index contributed by atoms with van der Waals surface area (Å²) in [4.78, 5) is 12.1. The van der Waals surface area contributed by atoms with E-state index in [1.54, 1.807) is 31.2 Å². The summed E-state index contributed by atoms with van der Waals surface area (Å²) in [5.74, 6) is -0.444. The molecule has 104 valence electrons. The van der Waals surface area contributed by atoms with Gasteiger partial charge >= 0.3 is 0 Å². The molecule has 0 radical (unpaired) electrons. The van der Waals surface area contributed by atoms with Crippen LogP contribution in [0.4, 0.5) is 10.1 Å². The molecule has 0 saturated carbocycles. The molecule has 0 spiro atoms. The number of benzene rings is 2. The van der Waals surface area contributed by atoms with Gasteiger partial charge in [-0.2, -0.15) is 0 Å². The van der Waals surface area contributed by atoms with Gasteiger partial charge in [-0.1, -0.05) is 27.6 Å². The molecule has 0 unspecified atom stereocenters. The van der Waals surface area contributed by atoms with E-state index in [1.165, 1.54) is 19.2 Å². The normalized spacial score (nSPS) is 10.2. The van der Waals surface area contributed by atoms with Crippen molar-refractivity contribution in [3.8, 4) is 5.75 Å². The van der Waals surface area contributed by atoms with Crippen LogP contribution in [0.15, 0.2) is 40.9 Å². The Bertz CT molecular complexity index is 658. The van der Waals surface area contributed by atoms with E-state index in [4.69, 9.17) is 4.74 Å². The molecule has 0 atom stereocenters. The third-order valence-corrected chi connectivity index (χ3v) is 3.19. The van der Waals surface area contributed by atoms with E-state index in [9.17, 15) is 9.18 Å². The molecule has 0 heterocycles. The second kappa shape index (κ2) is 6.05. The average molecular weight is 338 g/mol. The Morgan fingerprint density at radius 3 is 2.70 bits per heavy atom. The molecular weight excluding hydrogens is 325 g/mol. The zero-order chi connectivity index (χ0) is 14.7. The molecule has 20 heavy (non-hydrogen) atoms. The summed E-state index contributed by atoms with van der Waals surface area (Å²) in [7, 11) is 1.54. The fraction of sp³-hybridized carbons (Fsp3) is 0.133. The van der Waals surface area contributed by atoms with Gasteiger partial charge in [0, 0.05) is 16.2 Å². The fourth-order valence-electron chi connectivity index (χ4n) is 1.76. The molecule has 0 saturated heterocycles. The Kier molecular flexibility index (Phi) is 4.39. The molecule has 2 rings (SSSR count). The van der Waals surface area contributed by atoms with Gasteiger partial charge in [0.05, 0.1) is 12.7 Å². The van der Waals surface area contributed by atoms with E-state index in [0.29, 0.717) is 11.4 Å². The lowest BCUT2D eigenvalue weighted by Crippen LogP contribution is -2.14. The van der Waals surface area contributed by atoms with Crippen molar-refractivity contribution in [2.45, 2.75) is 6.92 Å². The number of aryl methyl sites for hydroxylation is 1. The number of ether oxygens (including phenoxy) is 1. The predicted octanol–water partition coefficient (Wildman–Crippen LogP) is 4.16. The van der Waals surface area contributed by atoms with Crippen LogP contribution in [0.2, 0.25) is 0 Å². The minimum atomic E-state index is -0.546. The molecule has 0 aliphatic heterocycles. The molecule has 0 bridgehead atoms. The number of carbonyl (C=O) groups is 1. The topological polar surface area (TPSA) is 38.3 Å². The number of nitrogens with one attached hydrogen (secondary N) is 1. The number of amides is 1. The summed E-state index contributed by atoms with van der Waals surface area (Å²) in [6, 6.07) is 9.56. The van der Waals surface area contributed by atoms with Crippen LogP contribution in [0.1, 0.15) is 15.9 Å². The summed E-state index contributed by atoms with van der Waals surface area (Å²) in [5.41, 5.74) is 1.37. The largest absolute Gasteiger partial charge is 0.497 e. The van der Waals surface area contributed by atoms with Gasteiger partial charge in [0.2, 0.25) is 0 Å². The van der Waals surface area contributed by atoms with Crippen molar-refractivity contribution >= 4 is 27.5 Å². The van der Waals surface area contributed by atoms with Crippen LogP contribution in [0.3, 0.4) is 0 Å². The first-order valence-corrected chi connectivity index (χ1v) is 6.71. The Hall–Kier alpha value is -1.88. The first-order chi connectivity index (χ1) is 9.49. The Morgan fingerprint density at radius 2 is 2.00 bits per heavy atom. The van der Waals surface area contributed by atoms with E-state index in [2.05, 4.69) is 21.2 Å². The van der Waals surface area contributed by atoms with Crippen molar-refractivity contribution in [2.24, 2.45) is 0 Å². The van der Waals surface area contributed by atoms with Gasteiger partial charge in [-0.25, -0.2) is 4.39 Å². The van der Waals surface area contributed by atoms with E-state index in [0.717, 1.165) is 10.0 Å². The SMILES string of the molecule is COc1cc(Br)cc(NC(=O)c2cc(C)ccc2F)c1. The minimum absolute atomic E-state index is 0.0175. The highest BCUT2D eigenvalue weighted by atomic mass is 79.9. The van der Waals surface area contributed by atoms with Crippen LogP contribution in [-0.2, 0) is 0 Å². The highest BCUT2D eigenvalue weighted by Gasteiger charge is 2.12. The predicted molar refractivity (Wildman–Crippen MR) is 79.8 cm³/mol. The third-order valence-electron chi connectivity index (χ3n) is 2.73. The molecule has 0 aliphatic carbocycles. The van der Waals surface area contributed by atoms with Crippen molar-refractivity contribution < 1.29 is 13.9 Å². The average Bonchev–Trinajstić information content (AvgIpc) is 2.40. The zero-order valence-electron chi connectivity index (χ0n) is 11.0. The second-order valence-electron chi connectivity index (χ2n) is 4.32. The maximum Gasteiger partial charge on any atom is 0.258 e. The maximum atomic E-state index is 13.7. The lowest BCUT2D eigenvalue weighted by Gasteiger charge is -2.09. The first kappa shape index (κ1) is 14.5. The summed E-state index contributed by atoms with van der Waals surface area (Å²) >= 11 is 3.32. The molecule has 2 aromatic rings. The van der Waals surface area contributed by atoms with Crippen molar-refractivity contribution in [3.63, 3.8) is 0 Å². The second-order valence-corrected chi connectivity index (χ2v) is 5.23. The van der Waals surface area contributed by atoms with E-state index < -0.39 is 11.7 Å². The summed E-state index contributed by atoms with van der Waals surface area (Å²) in [5, 5.41) is 2.65. The monoisotopic (exact) mass is 337 g/mol. The number of anilines is 1. The Morgan fingerprint density at radius 1 is 1.25 bits per heavy atom. The third kappa shape index (κ3) is 3.36. The minimum Gasteiger partial charge on any atom is -0.497 e. The number of hydrogen-bond donors (Lipinski definition) is 1. The van der Waals surface area contributed by atoms with Crippen molar-refractivity contribution in [2.75, 3.05) is 12.4 Å². The van der Waals surface area contributed by atoms with Crippen LogP contribution >= 0.6 is 15.9 Å². The molecule has 2 aromatic carbocycles. The molecule has 0 aliphatic rings. The molecule has 0 fully saturated rings. The maximum absolute atomic E-state index is 13.7. The van der Waals surface area contributed by atoms with E-state index in [-0.39, 0.29) is 5.56 Å². The smallest absolute Gasteiger partial charge is 0.258 e. The number of methoxy groups -OCH3 is 1. The molecular formula is C15H13BrFNO2. The highest BCUT2D eigenvalue weighted by Crippen LogP contribution is 2.25. The molecule has 5 heteroatoms. The Labute approximate surface area is 124 Å². The van der Waals surface area contributed by atoms with Crippen LogP contribution in [-0.4, -0.2) is 13.0 Å². The fourth-order valence-corrected chi connectivity index (χ4v) is 2.24. The molecule has 3 nitrogen and oxygen atoms in total. The molecule has 1 N–H and O–H groups in total. The lowest BCUT2D eigenvalue weighted by atomic mass is 10.1. The van der Waals surface area contributed by atoms with Crippen molar-refractivity contribution in [1.82, 2.24) is 0 Å².